The summed E-state index contributed by atoms with van der Waals surface area (Å²) in [5.74, 6) is 0.681. The first kappa shape index (κ1) is 17.8. The van der Waals surface area contributed by atoms with E-state index in [2.05, 4.69) is 9.97 Å². The monoisotopic (exact) mass is 380 g/mol. The Hall–Kier alpha value is -2.05. The predicted molar refractivity (Wildman–Crippen MR) is 93.5 cm³/mol. The molecule has 128 valence electrons. The summed E-state index contributed by atoms with van der Waals surface area (Å²) < 4.78 is 38.4. The topological polar surface area (TPSA) is 25.8 Å². The third-order valence-electron chi connectivity index (χ3n) is 3.43. The molecule has 25 heavy (non-hydrogen) atoms. The van der Waals surface area contributed by atoms with Crippen LogP contribution in [-0.4, -0.2) is 9.97 Å². The second-order valence-corrected chi connectivity index (χ2v) is 6.63. The molecule has 0 saturated carbocycles. The van der Waals surface area contributed by atoms with Gasteiger partial charge in [-0.05, 0) is 35.4 Å². The molecular formula is C18H12ClF3N2S. The van der Waals surface area contributed by atoms with Gasteiger partial charge in [0.1, 0.15) is 0 Å². The molecule has 0 amide bonds. The number of hydrogen-bond acceptors (Lipinski definition) is 3. The molecule has 3 rings (SSSR count). The van der Waals surface area contributed by atoms with Crippen LogP contribution in [0, 0.1) is 0 Å². The lowest BCUT2D eigenvalue weighted by molar-refractivity contribution is -0.137. The first-order valence-corrected chi connectivity index (χ1v) is 8.65. The fourth-order valence-corrected chi connectivity index (χ4v) is 3.01. The number of halogens is 4. The summed E-state index contributed by atoms with van der Waals surface area (Å²) in [7, 11) is 0. The average Bonchev–Trinajstić information content (AvgIpc) is 2.61. The number of hydrogen-bond donors (Lipinski definition) is 0. The lowest BCUT2D eigenvalue weighted by Gasteiger charge is -2.08. The Bertz CT molecular complexity index is 849. The highest BCUT2D eigenvalue weighted by Gasteiger charge is 2.30. The Morgan fingerprint density at radius 1 is 0.920 bits per heavy atom. The van der Waals surface area contributed by atoms with Crippen molar-refractivity contribution in [3.8, 4) is 11.1 Å². The van der Waals surface area contributed by atoms with Crippen molar-refractivity contribution >= 4 is 23.4 Å². The SMILES string of the molecule is FC(F)(F)c1cccc(-c2cnc(SCc3ccc(Cl)cc3)nc2)c1. The molecule has 7 heteroatoms. The van der Waals surface area contributed by atoms with Crippen molar-refractivity contribution in [2.75, 3.05) is 0 Å². The summed E-state index contributed by atoms with van der Waals surface area (Å²) >= 11 is 7.29. The summed E-state index contributed by atoms with van der Waals surface area (Å²) in [6.45, 7) is 0. The summed E-state index contributed by atoms with van der Waals surface area (Å²) in [5, 5.41) is 1.24. The number of thioether (sulfide) groups is 1. The zero-order valence-electron chi connectivity index (χ0n) is 12.8. The van der Waals surface area contributed by atoms with E-state index in [1.807, 2.05) is 24.3 Å². The molecule has 0 atom stereocenters. The van der Waals surface area contributed by atoms with Crippen molar-refractivity contribution in [2.45, 2.75) is 17.1 Å². The molecule has 0 aliphatic carbocycles. The first-order chi connectivity index (χ1) is 11.9. The van der Waals surface area contributed by atoms with Gasteiger partial charge in [0.05, 0.1) is 5.56 Å². The van der Waals surface area contributed by atoms with E-state index in [4.69, 9.17) is 11.6 Å². The zero-order chi connectivity index (χ0) is 17.9. The minimum atomic E-state index is -4.37. The van der Waals surface area contributed by atoms with Gasteiger partial charge < -0.3 is 0 Å². The number of aromatic nitrogens is 2. The molecule has 0 N–H and O–H groups in total. The molecule has 0 aliphatic heterocycles. The highest BCUT2D eigenvalue weighted by atomic mass is 35.5. The summed E-state index contributed by atoms with van der Waals surface area (Å²) in [6, 6.07) is 12.6. The van der Waals surface area contributed by atoms with Crippen molar-refractivity contribution in [2.24, 2.45) is 0 Å². The van der Waals surface area contributed by atoms with Gasteiger partial charge in [-0.2, -0.15) is 13.2 Å². The molecule has 0 aliphatic rings. The fraction of sp³-hybridized carbons (Fsp3) is 0.111. The van der Waals surface area contributed by atoms with E-state index in [-0.39, 0.29) is 0 Å². The van der Waals surface area contributed by atoms with Gasteiger partial charge in [-0.3, -0.25) is 0 Å². The number of alkyl halides is 3. The lowest BCUT2D eigenvalue weighted by atomic mass is 10.1. The third kappa shape index (κ3) is 4.74. The maximum absolute atomic E-state index is 12.8. The van der Waals surface area contributed by atoms with Crippen LogP contribution in [0.4, 0.5) is 13.2 Å². The van der Waals surface area contributed by atoms with Crippen molar-refractivity contribution in [1.82, 2.24) is 9.97 Å². The van der Waals surface area contributed by atoms with Gasteiger partial charge in [0, 0.05) is 28.7 Å². The fourth-order valence-electron chi connectivity index (χ4n) is 2.14. The van der Waals surface area contributed by atoms with Crippen molar-refractivity contribution in [1.29, 1.82) is 0 Å². The molecule has 0 spiro atoms. The second kappa shape index (κ2) is 7.45. The standard InChI is InChI=1S/C18H12ClF3N2S/c19-16-6-4-12(5-7-16)11-25-17-23-9-14(10-24-17)13-2-1-3-15(8-13)18(20,21)22/h1-10H,11H2. The smallest absolute Gasteiger partial charge is 0.230 e. The van der Waals surface area contributed by atoms with Gasteiger partial charge in [-0.25, -0.2) is 9.97 Å². The van der Waals surface area contributed by atoms with Gasteiger partial charge in [-0.15, -0.1) is 0 Å². The van der Waals surface area contributed by atoms with Gasteiger partial charge in [0.25, 0.3) is 0 Å². The third-order valence-corrected chi connectivity index (χ3v) is 4.63. The highest BCUT2D eigenvalue weighted by molar-refractivity contribution is 7.98. The maximum atomic E-state index is 12.8. The molecule has 3 aromatic rings. The second-order valence-electron chi connectivity index (χ2n) is 5.25. The van der Waals surface area contributed by atoms with Crippen LogP contribution >= 0.6 is 23.4 Å². The van der Waals surface area contributed by atoms with Crippen molar-refractivity contribution < 1.29 is 13.2 Å². The number of rotatable bonds is 4. The van der Waals surface area contributed by atoms with E-state index in [1.54, 1.807) is 6.07 Å². The van der Waals surface area contributed by atoms with Crippen LogP contribution in [0.1, 0.15) is 11.1 Å². The normalized spacial score (nSPS) is 11.5. The highest BCUT2D eigenvalue weighted by Crippen LogP contribution is 2.32. The van der Waals surface area contributed by atoms with Crippen LogP contribution < -0.4 is 0 Å². The lowest BCUT2D eigenvalue weighted by Crippen LogP contribution is -2.04. The van der Waals surface area contributed by atoms with E-state index in [0.29, 0.717) is 27.1 Å². The Labute approximate surface area is 152 Å². The molecule has 0 bridgehead atoms. The minimum absolute atomic E-state index is 0.434. The zero-order valence-corrected chi connectivity index (χ0v) is 14.4. The van der Waals surface area contributed by atoms with Crippen LogP contribution in [0.25, 0.3) is 11.1 Å². The molecule has 0 unspecified atom stereocenters. The van der Waals surface area contributed by atoms with Gasteiger partial charge in [0.15, 0.2) is 5.16 Å². The van der Waals surface area contributed by atoms with Gasteiger partial charge in [0.2, 0.25) is 0 Å². The van der Waals surface area contributed by atoms with Crippen molar-refractivity contribution in [3.63, 3.8) is 0 Å². The number of benzene rings is 2. The van der Waals surface area contributed by atoms with Gasteiger partial charge >= 0.3 is 6.18 Å². The molecule has 2 nitrogen and oxygen atoms in total. The largest absolute Gasteiger partial charge is 0.416 e. The van der Waals surface area contributed by atoms with Crippen LogP contribution in [0.15, 0.2) is 66.1 Å². The molecule has 0 radical (unpaired) electrons. The van der Waals surface area contributed by atoms with Crippen molar-refractivity contribution in [3.05, 3.63) is 77.1 Å². The van der Waals surface area contributed by atoms with E-state index in [9.17, 15) is 13.2 Å². The molecule has 0 saturated heterocycles. The summed E-state index contributed by atoms with van der Waals surface area (Å²) in [5.41, 5.74) is 1.37. The molecule has 0 fully saturated rings. The van der Waals surface area contributed by atoms with Gasteiger partial charge in [-0.1, -0.05) is 47.6 Å². The van der Waals surface area contributed by atoms with Crippen LogP contribution in [0.5, 0.6) is 0 Å². The molecule has 1 heterocycles. The first-order valence-electron chi connectivity index (χ1n) is 7.29. The maximum Gasteiger partial charge on any atom is 0.416 e. The number of nitrogens with zero attached hydrogens (tertiary/aromatic N) is 2. The Morgan fingerprint density at radius 2 is 1.60 bits per heavy atom. The minimum Gasteiger partial charge on any atom is -0.230 e. The molecule has 1 aromatic heterocycles. The molecular weight excluding hydrogens is 369 g/mol. The summed E-state index contributed by atoms with van der Waals surface area (Å²) in [6.07, 6.45) is -1.30. The van der Waals surface area contributed by atoms with Crippen LogP contribution in [-0.2, 0) is 11.9 Å². The predicted octanol–water partition coefficient (Wildman–Crippen LogP) is 6.11. The Balaban J connectivity index is 1.71. The van der Waals surface area contributed by atoms with Crippen LogP contribution in [0.2, 0.25) is 5.02 Å². The average molecular weight is 381 g/mol. The Morgan fingerprint density at radius 3 is 2.24 bits per heavy atom. The Kier molecular flexibility index (Phi) is 5.30. The van der Waals surface area contributed by atoms with E-state index in [1.165, 1.54) is 30.2 Å². The quantitative estimate of drug-likeness (QED) is 0.403. The van der Waals surface area contributed by atoms with Crippen LogP contribution in [0.3, 0.4) is 0 Å². The van der Waals surface area contributed by atoms with E-state index < -0.39 is 11.7 Å². The summed E-state index contributed by atoms with van der Waals surface area (Å²) in [4.78, 5) is 8.45. The molecule has 2 aromatic carbocycles. The van der Waals surface area contributed by atoms with E-state index in [0.717, 1.165) is 17.7 Å². The van der Waals surface area contributed by atoms with E-state index >= 15 is 0 Å².